The number of aryl methyl sites for hydroxylation is 1. The average Bonchev–Trinajstić information content (AvgIpc) is 3.39. The second-order valence-electron chi connectivity index (χ2n) is 6.64. The number of benzene rings is 2. The van der Waals surface area contributed by atoms with Crippen LogP contribution in [0.3, 0.4) is 0 Å². The monoisotopic (exact) mass is 413 g/mol. The average molecular weight is 413 g/mol. The summed E-state index contributed by atoms with van der Waals surface area (Å²) in [4.78, 5) is 12.8. The summed E-state index contributed by atoms with van der Waals surface area (Å²) in [5.74, 6) is 0.889. The van der Waals surface area contributed by atoms with Crippen molar-refractivity contribution in [3.05, 3.63) is 77.7 Å². The molecular formula is C21H19NO6S. The van der Waals surface area contributed by atoms with E-state index < -0.39 is 21.0 Å². The lowest BCUT2D eigenvalue weighted by molar-refractivity contribution is 0.0952. The lowest BCUT2D eigenvalue weighted by atomic mass is 10.2. The van der Waals surface area contributed by atoms with Crippen LogP contribution in [0.2, 0.25) is 0 Å². The lowest BCUT2D eigenvalue weighted by Gasteiger charge is -2.17. The molecule has 2 heterocycles. The van der Waals surface area contributed by atoms with Crippen LogP contribution in [0.4, 0.5) is 0 Å². The van der Waals surface area contributed by atoms with Gasteiger partial charge in [-0.05, 0) is 49.4 Å². The summed E-state index contributed by atoms with van der Waals surface area (Å²) >= 11 is 0. The molecule has 8 heteroatoms. The Morgan fingerprint density at radius 1 is 1.07 bits per heavy atom. The zero-order valence-corrected chi connectivity index (χ0v) is 16.4. The molecule has 2 aromatic carbocycles. The van der Waals surface area contributed by atoms with Crippen LogP contribution < -0.4 is 14.8 Å². The van der Waals surface area contributed by atoms with E-state index in [1.165, 1.54) is 6.26 Å². The van der Waals surface area contributed by atoms with Gasteiger partial charge < -0.3 is 19.2 Å². The van der Waals surface area contributed by atoms with E-state index >= 15 is 0 Å². The van der Waals surface area contributed by atoms with Crippen molar-refractivity contribution >= 4 is 15.7 Å². The number of carbonyl (C=O) groups is 1. The van der Waals surface area contributed by atoms with Gasteiger partial charge in [-0.25, -0.2) is 8.42 Å². The third-order valence-corrected chi connectivity index (χ3v) is 6.74. The van der Waals surface area contributed by atoms with E-state index in [1.54, 1.807) is 54.6 Å². The van der Waals surface area contributed by atoms with Gasteiger partial charge in [-0.3, -0.25) is 4.79 Å². The number of carbonyl (C=O) groups excluding carboxylic acids is 1. The standard InChI is InChI=1S/C21H19NO6S/c1-14-4-7-16(8-5-14)29(24,25)20(18-3-2-10-26-18)12-22-21(23)15-6-9-17-19(11-15)28-13-27-17/h2-11,20H,12-13H2,1H3,(H,22,23)/t20-/m1/s1. The highest BCUT2D eigenvalue weighted by Gasteiger charge is 2.32. The molecule has 150 valence electrons. The number of fused-ring (bicyclic) bond motifs is 1. The molecule has 29 heavy (non-hydrogen) atoms. The van der Waals surface area contributed by atoms with Crippen LogP contribution >= 0.6 is 0 Å². The van der Waals surface area contributed by atoms with Crippen molar-refractivity contribution in [2.24, 2.45) is 0 Å². The number of amides is 1. The fraction of sp³-hybridized carbons (Fsp3) is 0.190. The predicted octanol–water partition coefficient (Wildman–Crippen LogP) is 3.26. The van der Waals surface area contributed by atoms with Gasteiger partial charge >= 0.3 is 0 Å². The Balaban J connectivity index is 1.57. The molecule has 0 saturated carbocycles. The van der Waals surface area contributed by atoms with Crippen molar-refractivity contribution in [1.29, 1.82) is 0 Å². The second-order valence-corrected chi connectivity index (χ2v) is 8.77. The Bertz CT molecular complexity index is 1120. The number of rotatable bonds is 6. The molecule has 0 spiro atoms. The normalized spacial score (nSPS) is 13.8. The number of sulfone groups is 1. The van der Waals surface area contributed by atoms with Crippen molar-refractivity contribution < 1.29 is 27.1 Å². The van der Waals surface area contributed by atoms with Gasteiger partial charge in [0.05, 0.1) is 11.2 Å². The molecule has 4 rings (SSSR count). The first-order valence-electron chi connectivity index (χ1n) is 8.97. The van der Waals surface area contributed by atoms with E-state index in [0.29, 0.717) is 17.1 Å². The van der Waals surface area contributed by atoms with E-state index in [2.05, 4.69) is 5.32 Å². The minimum atomic E-state index is -3.78. The highest BCUT2D eigenvalue weighted by molar-refractivity contribution is 7.91. The molecule has 1 atom stereocenters. The van der Waals surface area contributed by atoms with Crippen molar-refractivity contribution in [2.75, 3.05) is 13.3 Å². The molecule has 7 nitrogen and oxygen atoms in total. The largest absolute Gasteiger partial charge is 0.468 e. The number of nitrogens with one attached hydrogen (secondary N) is 1. The Kier molecular flexibility index (Phi) is 5.02. The van der Waals surface area contributed by atoms with Gasteiger partial charge in [0.25, 0.3) is 5.91 Å². The highest BCUT2D eigenvalue weighted by atomic mass is 32.2. The smallest absolute Gasteiger partial charge is 0.251 e. The molecular weight excluding hydrogens is 394 g/mol. The maximum absolute atomic E-state index is 13.2. The van der Waals surface area contributed by atoms with E-state index in [0.717, 1.165) is 5.56 Å². The molecule has 0 fully saturated rings. The van der Waals surface area contributed by atoms with Gasteiger partial charge in [-0.15, -0.1) is 0 Å². The number of hydrogen-bond donors (Lipinski definition) is 1. The fourth-order valence-electron chi connectivity index (χ4n) is 3.06. The maximum atomic E-state index is 13.2. The Morgan fingerprint density at radius 2 is 1.83 bits per heavy atom. The third kappa shape index (κ3) is 3.84. The lowest BCUT2D eigenvalue weighted by Crippen LogP contribution is -2.31. The molecule has 1 aromatic heterocycles. The van der Waals surface area contributed by atoms with Gasteiger partial charge in [0, 0.05) is 12.1 Å². The minimum Gasteiger partial charge on any atom is -0.468 e. The van der Waals surface area contributed by atoms with Crippen LogP contribution in [0.1, 0.15) is 26.9 Å². The van der Waals surface area contributed by atoms with Crippen molar-refractivity contribution in [3.8, 4) is 11.5 Å². The zero-order valence-electron chi connectivity index (χ0n) is 15.6. The van der Waals surface area contributed by atoms with E-state index in [4.69, 9.17) is 13.9 Å². The minimum absolute atomic E-state index is 0.107. The first-order chi connectivity index (χ1) is 13.9. The number of hydrogen-bond acceptors (Lipinski definition) is 6. The fourth-order valence-corrected chi connectivity index (χ4v) is 4.64. The summed E-state index contributed by atoms with van der Waals surface area (Å²) < 4.78 is 42.3. The topological polar surface area (TPSA) is 94.8 Å². The summed E-state index contributed by atoms with van der Waals surface area (Å²) in [5, 5.41) is 1.63. The quantitative estimate of drug-likeness (QED) is 0.667. The van der Waals surface area contributed by atoms with Gasteiger partial charge in [0.2, 0.25) is 6.79 Å². The molecule has 0 unspecified atom stereocenters. The highest BCUT2D eigenvalue weighted by Crippen LogP contribution is 2.33. The zero-order chi connectivity index (χ0) is 20.4. The summed E-state index contributed by atoms with van der Waals surface area (Å²) in [6.07, 6.45) is 1.41. The Labute approximate surface area is 168 Å². The molecule has 1 amide bonds. The van der Waals surface area contributed by atoms with E-state index in [-0.39, 0.29) is 24.0 Å². The van der Waals surface area contributed by atoms with Crippen LogP contribution in [0.25, 0.3) is 0 Å². The first-order valence-corrected chi connectivity index (χ1v) is 10.5. The molecule has 3 aromatic rings. The molecule has 1 aliphatic rings. The Morgan fingerprint density at radius 3 is 2.55 bits per heavy atom. The van der Waals surface area contributed by atoms with Gasteiger partial charge in [0.1, 0.15) is 11.0 Å². The summed E-state index contributed by atoms with van der Waals surface area (Å²) in [7, 11) is -3.78. The van der Waals surface area contributed by atoms with Crippen molar-refractivity contribution in [1.82, 2.24) is 5.32 Å². The molecule has 1 aliphatic heterocycles. The summed E-state index contributed by atoms with van der Waals surface area (Å²) in [6, 6.07) is 14.6. The third-order valence-electron chi connectivity index (χ3n) is 4.67. The van der Waals surface area contributed by atoms with Gasteiger partial charge in [-0.2, -0.15) is 0 Å². The first kappa shape index (κ1) is 19.1. The van der Waals surface area contributed by atoms with Crippen molar-refractivity contribution in [2.45, 2.75) is 17.1 Å². The van der Waals surface area contributed by atoms with Crippen molar-refractivity contribution in [3.63, 3.8) is 0 Å². The van der Waals surface area contributed by atoms with E-state index in [9.17, 15) is 13.2 Å². The second kappa shape index (κ2) is 7.63. The SMILES string of the molecule is Cc1ccc(S(=O)(=O)[C@H](CNC(=O)c2ccc3c(c2)OCO3)c2ccco2)cc1. The molecule has 0 aliphatic carbocycles. The number of ether oxygens (including phenoxy) is 2. The molecule has 0 radical (unpaired) electrons. The predicted molar refractivity (Wildman–Crippen MR) is 105 cm³/mol. The maximum Gasteiger partial charge on any atom is 0.251 e. The van der Waals surface area contributed by atoms with Crippen LogP contribution in [-0.4, -0.2) is 27.7 Å². The van der Waals surface area contributed by atoms with Gasteiger partial charge in [-0.1, -0.05) is 17.7 Å². The van der Waals surface area contributed by atoms with Gasteiger partial charge in [0.15, 0.2) is 21.3 Å². The molecule has 1 N–H and O–H groups in total. The Hall–Kier alpha value is -3.26. The van der Waals surface area contributed by atoms with Crippen LogP contribution in [0.5, 0.6) is 11.5 Å². The summed E-state index contributed by atoms with van der Waals surface area (Å²) in [5.41, 5.74) is 1.30. The summed E-state index contributed by atoms with van der Waals surface area (Å²) in [6.45, 7) is 1.85. The van der Waals surface area contributed by atoms with E-state index in [1.807, 2.05) is 6.92 Å². The molecule has 0 bridgehead atoms. The molecule has 0 saturated heterocycles. The number of furan rings is 1. The van der Waals surface area contributed by atoms with Crippen LogP contribution in [0.15, 0.2) is 70.2 Å². The van der Waals surface area contributed by atoms with Crippen LogP contribution in [0, 0.1) is 6.92 Å². The van der Waals surface area contributed by atoms with Crippen LogP contribution in [-0.2, 0) is 9.84 Å².